The summed E-state index contributed by atoms with van der Waals surface area (Å²) < 4.78 is 0. The Morgan fingerprint density at radius 1 is 1.14 bits per heavy atom. The molecular formula is C18H24N2O. The van der Waals surface area contributed by atoms with Crippen LogP contribution in [0.5, 0.6) is 0 Å². The van der Waals surface area contributed by atoms with Crippen molar-refractivity contribution in [2.24, 2.45) is 0 Å². The van der Waals surface area contributed by atoms with Gasteiger partial charge in [-0.3, -0.25) is 4.98 Å². The van der Waals surface area contributed by atoms with Crippen LogP contribution in [0.1, 0.15) is 47.1 Å². The zero-order chi connectivity index (χ0) is 15.4. The minimum absolute atomic E-state index is 0.0682. The fourth-order valence-corrected chi connectivity index (χ4v) is 3.01. The first-order valence-corrected chi connectivity index (χ1v) is 7.39. The van der Waals surface area contributed by atoms with Gasteiger partial charge in [-0.25, -0.2) is 0 Å². The molecule has 3 heteroatoms. The monoisotopic (exact) mass is 284 g/mol. The maximum atomic E-state index is 9.68. The number of aromatic nitrogens is 1. The van der Waals surface area contributed by atoms with Gasteiger partial charge in [-0.2, -0.15) is 0 Å². The highest BCUT2D eigenvalue weighted by Crippen LogP contribution is 2.24. The lowest BCUT2D eigenvalue weighted by atomic mass is 9.98. The van der Waals surface area contributed by atoms with Gasteiger partial charge in [0.05, 0.1) is 12.6 Å². The van der Waals surface area contributed by atoms with Crippen LogP contribution in [-0.4, -0.2) is 16.7 Å². The molecule has 21 heavy (non-hydrogen) atoms. The Bertz CT molecular complexity index is 572. The van der Waals surface area contributed by atoms with E-state index in [1.54, 1.807) is 0 Å². The van der Waals surface area contributed by atoms with E-state index in [4.69, 9.17) is 0 Å². The van der Waals surface area contributed by atoms with E-state index in [0.717, 1.165) is 17.0 Å². The average Bonchev–Trinajstić information content (AvgIpc) is 2.44. The quantitative estimate of drug-likeness (QED) is 0.884. The summed E-state index contributed by atoms with van der Waals surface area (Å²) >= 11 is 0. The molecule has 0 amide bonds. The topological polar surface area (TPSA) is 45.1 Å². The number of aliphatic hydroxyl groups is 1. The summed E-state index contributed by atoms with van der Waals surface area (Å²) in [5.41, 5.74) is 5.65. The number of benzene rings is 1. The Hall–Kier alpha value is -1.71. The molecule has 0 saturated heterocycles. The standard InChI is InChI=1S/C18H24N2O/c1-12-10-13(2)19-14(3)18(12)15(4)20-17(11-21)16-8-6-5-7-9-16/h5-10,15,17,20-21H,11H2,1-4H3/t15?,17-/m0/s1. The van der Waals surface area contributed by atoms with Gasteiger partial charge in [0.25, 0.3) is 0 Å². The van der Waals surface area contributed by atoms with Gasteiger partial charge in [-0.1, -0.05) is 30.3 Å². The highest BCUT2D eigenvalue weighted by molar-refractivity contribution is 5.34. The number of aliphatic hydroxyl groups excluding tert-OH is 1. The minimum Gasteiger partial charge on any atom is -0.394 e. The van der Waals surface area contributed by atoms with Crippen LogP contribution < -0.4 is 5.32 Å². The molecule has 1 heterocycles. The normalized spacial score (nSPS) is 14.0. The number of nitrogens with zero attached hydrogens (tertiary/aromatic N) is 1. The fraction of sp³-hybridized carbons (Fsp3) is 0.389. The van der Waals surface area contributed by atoms with Crippen molar-refractivity contribution >= 4 is 0 Å². The van der Waals surface area contributed by atoms with E-state index in [1.807, 2.05) is 44.2 Å². The average molecular weight is 284 g/mol. The molecule has 1 unspecified atom stereocenters. The Balaban J connectivity index is 2.23. The number of hydrogen-bond donors (Lipinski definition) is 2. The summed E-state index contributed by atoms with van der Waals surface area (Å²) in [6.07, 6.45) is 0. The van der Waals surface area contributed by atoms with Gasteiger partial charge < -0.3 is 10.4 Å². The van der Waals surface area contributed by atoms with Crippen molar-refractivity contribution in [3.8, 4) is 0 Å². The second-order valence-corrected chi connectivity index (χ2v) is 5.61. The molecule has 0 aliphatic rings. The number of nitrogens with one attached hydrogen (secondary N) is 1. The molecule has 0 fully saturated rings. The van der Waals surface area contributed by atoms with Crippen molar-refractivity contribution in [3.63, 3.8) is 0 Å². The van der Waals surface area contributed by atoms with Crippen LogP contribution in [0.4, 0.5) is 0 Å². The van der Waals surface area contributed by atoms with Crippen molar-refractivity contribution in [1.82, 2.24) is 10.3 Å². The van der Waals surface area contributed by atoms with Gasteiger partial charge in [0.2, 0.25) is 0 Å². The molecule has 112 valence electrons. The van der Waals surface area contributed by atoms with Crippen molar-refractivity contribution in [2.75, 3.05) is 6.61 Å². The van der Waals surface area contributed by atoms with Crippen LogP contribution in [0.3, 0.4) is 0 Å². The second-order valence-electron chi connectivity index (χ2n) is 5.61. The Morgan fingerprint density at radius 2 is 1.81 bits per heavy atom. The Morgan fingerprint density at radius 3 is 2.38 bits per heavy atom. The molecule has 3 nitrogen and oxygen atoms in total. The van der Waals surface area contributed by atoms with Gasteiger partial charge in [0.15, 0.2) is 0 Å². The van der Waals surface area contributed by atoms with E-state index in [2.05, 4.69) is 30.2 Å². The predicted molar refractivity (Wildman–Crippen MR) is 86.3 cm³/mol. The maximum absolute atomic E-state index is 9.68. The zero-order valence-electron chi connectivity index (χ0n) is 13.2. The third-order valence-electron chi connectivity index (χ3n) is 3.85. The summed E-state index contributed by atoms with van der Waals surface area (Å²) in [5, 5.41) is 13.2. The van der Waals surface area contributed by atoms with Crippen molar-refractivity contribution in [1.29, 1.82) is 0 Å². The summed E-state index contributed by atoms with van der Waals surface area (Å²) in [6, 6.07) is 12.2. The molecule has 0 aliphatic heterocycles. The molecular weight excluding hydrogens is 260 g/mol. The molecule has 0 spiro atoms. The molecule has 0 radical (unpaired) electrons. The highest BCUT2D eigenvalue weighted by Gasteiger charge is 2.18. The molecule has 1 aromatic carbocycles. The van der Waals surface area contributed by atoms with Crippen LogP contribution in [0.2, 0.25) is 0 Å². The van der Waals surface area contributed by atoms with Gasteiger partial charge in [0.1, 0.15) is 0 Å². The number of pyridine rings is 1. The van der Waals surface area contributed by atoms with Crippen LogP contribution in [0.15, 0.2) is 36.4 Å². The van der Waals surface area contributed by atoms with Crippen LogP contribution >= 0.6 is 0 Å². The van der Waals surface area contributed by atoms with Crippen molar-refractivity contribution in [3.05, 3.63) is 64.5 Å². The number of aryl methyl sites for hydroxylation is 3. The zero-order valence-corrected chi connectivity index (χ0v) is 13.2. The molecule has 0 saturated carbocycles. The van der Waals surface area contributed by atoms with E-state index in [9.17, 15) is 5.11 Å². The first-order valence-electron chi connectivity index (χ1n) is 7.39. The van der Waals surface area contributed by atoms with Gasteiger partial charge in [0, 0.05) is 17.4 Å². The van der Waals surface area contributed by atoms with Gasteiger partial charge >= 0.3 is 0 Å². The minimum atomic E-state index is -0.0682. The largest absolute Gasteiger partial charge is 0.394 e. The lowest BCUT2D eigenvalue weighted by molar-refractivity contribution is 0.235. The molecule has 2 N–H and O–H groups in total. The molecule has 2 atom stereocenters. The highest BCUT2D eigenvalue weighted by atomic mass is 16.3. The van der Waals surface area contributed by atoms with Crippen molar-refractivity contribution < 1.29 is 5.11 Å². The lowest BCUT2D eigenvalue weighted by Crippen LogP contribution is -2.28. The van der Waals surface area contributed by atoms with Gasteiger partial charge in [-0.05, 0) is 50.5 Å². The molecule has 1 aromatic heterocycles. The Kier molecular flexibility index (Phi) is 5.10. The number of rotatable bonds is 5. The van der Waals surface area contributed by atoms with E-state index >= 15 is 0 Å². The predicted octanol–water partition coefficient (Wildman–Crippen LogP) is 3.39. The smallest absolute Gasteiger partial charge is 0.0626 e. The maximum Gasteiger partial charge on any atom is 0.0626 e. The first-order chi connectivity index (χ1) is 10.0. The fourth-order valence-electron chi connectivity index (χ4n) is 3.01. The van der Waals surface area contributed by atoms with Crippen LogP contribution in [0, 0.1) is 20.8 Å². The SMILES string of the molecule is Cc1cc(C)c(C(C)N[C@@H](CO)c2ccccc2)c(C)n1. The molecule has 0 aliphatic carbocycles. The molecule has 0 bridgehead atoms. The lowest BCUT2D eigenvalue weighted by Gasteiger charge is -2.25. The summed E-state index contributed by atoms with van der Waals surface area (Å²) in [5.74, 6) is 0. The third kappa shape index (κ3) is 3.69. The van der Waals surface area contributed by atoms with E-state index in [1.165, 1.54) is 11.1 Å². The second kappa shape index (κ2) is 6.83. The van der Waals surface area contributed by atoms with E-state index < -0.39 is 0 Å². The van der Waals surface area contributed by atoms with Crippen LogP contribution in [0.25, 0.3) is 0 Å². The summed E-state index contributed by atoms with van der Waals surface area (Å²) in [6.45, 7) is 8.38. The Labute approximate surface area is 127 Å². The van der Waals surface area contributed by atoms with Gasteiger partial charge in [-0.15, -0.1) is 0 Å². The molecule has 2 rings (SSSR count). The summed E-state index contributed by atoms with van der Waals surface area (Å²) in [7, 11) is 0. The number of hydrogen-bond acceptors (Lipinski definition) is 3. The third-order valence-corrected chi connectivity index (χ3v) is 3.85. The van der Waals surface area contributed by atoms with E-state index in [0.29, 0.717) is 0 Å². The first kappa shape index (κ1) is 15.7. The van der Waals surface area contributed by atoms with E-state index in [-0.39, 0.29) is 18.7 Å². The summed E-state index contributed by atoms with van der Waals surface area (Å²) in [4.78, 5) is 4.56. The van der Waals surface area contributed by atoms with Crippen LogP contribution in [-0.2, 0) is 0 Å². The van der Waals surface area contributed by atoms with Crippen molar-refractivity contribution in [2.45, 2.75) is 39.8 Å². The molecule has 2 aromatic rings.